The van der Waals surface area contributed by atoms with Crippen LogP contribution < -0.4 is 10.6 Å². The monoisotopic (exact) mass is 444 g/mol. The summed E-state index contributed by atoms with van der Waals surface area (Å²) < 4.78 is 16.2. The second-order valence-corrected chi connectivity index (χ2v) is 6.98. The molecule has 2 aromatic carbocycles. The fraction of sp³-hybridized carbons (Fsp3) is 0.150. The maximum absolute atomic E-state index is 13.9. The number of nitrogens with zero attached hydrogens (tertiary/aromatic N) is 2. The van der Waals surface area contributed by atoms with E-state index in [2.05, 4.69) is 31.7 Å². The zero-order chi connectivity index (χ0) is 20.1. The van der Waals surface area contributed by atoms with Gasteiger partial charge in [0.05, 0.1) is 17.5 Å². The molecule has 0 atom stereocenters. The minimum Gasteiger partial charge on any atom is -0.351 e. The minimum atomic E-state index is -0.426. The second-order valence-electron chi connectivity index (χ2n) is 6.07. The highest BCUT2D eigenvalue weighted by atomic mass is 79.9. The highest BCUT2D eigenvalue weighted by Crippen LogP contribution is 2.17. The number of amides is 2. The van der Waals surface area contributed by atoms with Gasteiger partial charge in [-0.25, -0.2) is 9.07 Å². The van der Waals surface area contributed by atoms with Crippen molar-refractivity contribution in [1.82, 2.24) is 15.1 Å². The van der Waals surface area contributed by atoms with E-state index in [0.717, 1.165) is 4.47 Å². The summed E-state index contributed by atoms with van der Waals surface area (Å²) in [5.74, 6) is -0.997. The van der Waals surface area contributed by atoms with Gasteiger partial charge in [0.1, 0.15) is 11.5 Å². The first-order valence-corrected chi connectivity index (χ1v) is 9.38. The molecule has 1 heterocycles. The van der Waals surface area contributed by atoms with Crippen molar-refractivity contribution >= 4 is 33.4 Å². The SMILES string of the molecule is Cc1c(C(=O)NCCC(=O)Nc2ccc(Br)cc2)cnn1-c1ccccc1F. The number of halogens is 2. The zero-order valence-electron chi connectivity index (χ0n) is 15.1. The van der Waals surface area contributed by atoms with Gasteiger partial charge in [-0.2, -0.15) is 5.10 Å². The minimum absolute atomic E-state index is 0.127. The fourth-order valence-electron chi connectivity index (χ4n) is 2.64. The van der Waals surface area contributed by atoms with E-state index in [0.29, 0.717) is 16.9 Å². The first-order valence-electron chi connectivity index (χ1n) is 8.59. The third-order valence-corrected chi connectivity index (χ3v) is 4.63. The molecule has 144 valence electrons. The van der Waals surface area contributed by atoms with Gasteiger partial charge in [-0.3, -0.25) is 9.59 Å². The molecule has 0 fully saturated rings. The molecule has 2 amide bonds. The van der Waals surface area contributed by atoms with Crippen LogP contribution in [0.4, 0.5) is 10.1 Å². The van der Waals surface area contributed by atoms with Gasteiger partial charge in [0.2, 0.25) is 5.91 Å². The van der Waals surface area contributed by atoms with Gasteiger partial charge < -0.3 is 10.6 Å². The Balaban J connectivity index is 1.56. The molecule has 0 radical (unpaired) electrons. The number of benzene rings is 2. The van der Waals surface area contributed by atoms with Gasteiger partial charge in [-0.1, -0.05) is 28.1 Å². The molecule has 2 N–H and O–H groups in total. The average Bonchev–Trinajstić information content (AvgIpc) is 3.05. The molecule has 0 spiro atoms. The van der Waals surface area contributed by atoms with Crippen LogP contribution in [0.1, 0.15) is 22.5 Å². The maximum Gasteiger partial charge on any atom is 0.254 e. The highest BCUT2D eigenvalue weighted by Gasteiger charge is 2.16. The average molecular weight is 445 g/mol. The van der Waals surface area contributed by atoms with Crippen molar-refractivity contribution in [3.8, 4) is 5.69 Å². The summed E-state index contributed by atoms with van der Waals surface area (Å²) in [6.07, 6.45) is 1.52. The normalized spacial score (nSPS) is 10.5. The van der Waals surface area contributed by atoms with Crippen molar-refractivity contribution in [2.75, 3.05) is 11.9 Å². The quantitative estimate of drug-likeness (QED) is 0.606. The van der Waals surface area contributed by atoms with Crippen LogP contribution in [-0.2, 0) is 4.79 Å². The Labute approximate surface area is 169 Å². The third-order valence-electron chi connectivity index (χ3n) is 4.10. The van der Waals surface area contributed by atoms with Gasteiger partial charge in [0.15, 0.2) is 0 Å². The summed E-state index contributed by atoms with van der Waals surface area (Å²) in [5.41, 5.74) is 1.80. The molecular formula is C20H18BrFN4O2. The molecule has 0 bridgehead atoms. The molecule has 0 aliphatic rings. The summed E-state index contributed by atoms with van der Waals surface area (Å²) in [4.78, 5) is 24.4. The number of carbonyl (C=O) groups excluding carboxylic acids is 2. The van der Waals surface area contributed by atoms with Crippen molar-refractivity contribution < 1.29 is 14.0 Å². The van der Waals surface area contributed by atoms with Crippen LogP contribution in [0.2, 0.25) is 0 Å². The Morgan fingerprint density at radius 1 is 1.14 bits per heavy atom. The van der Waals surface area contributed by atoms with Crippen molar-refractivity contribution in [3.05, 3.63) is 76.3 Å². The number of rotatable bonds is 6. The molecule has 8 heteroatoms. The van der Waals surface area contributed by atoms with Gasteiger partial charge in [0.25, 0.3) is 5.91 Å². The molecule has 28 heavy (non-hydrogen) atoms. The molecule has 0 aliphatic heterocycles. The Bertz CT molecular complexity index is 1000. The number of aromatic nitrogens is 2. The Hall–Kier alpha value is -3.00. The predicted octanol–water partition coefficient (Wildman–Crippen LogP) is 3.84. The van der Waals surface area contributed by atoms with E-state index in [1.165, 1.54) is 16.9 Å². The first kappa shape index (κ1) is 19.8. The van der Waals surface area contributed by atoms with E-state index in [1.54, 1.807) is 37.3 Å². The van der Waals surface area contributed by atoms with Gasteiger partial charge in [-0.05, 0) is 43.3 Å². The summed E-state index contributed by atoms with van der Waals surface area (Å²) in [5, 5.41) is 9.55. The fourth-order valence-corrected chi connectivity index (χ4v) is 2.90. The van der Waals surface area contributed by atoms with Crippen LogP contribution in [0.25, 0.3) is 5.69 Å². The van der Waals surface area contributed by atoms with Crippen LogP contribution in [0.15, 0.2) is 59.2 Å². The Kier molecular flexibility index (Phi) is 6.20. The molecule has 0 saturated carbocycles. The lowest BCUT2D eigenvalue weighted by atomic mass is 10.2. The highest BCUT2D eigenvalue weighted by molar-refractivity contribution is 9.10. The topological polar surface area (TPSA) is 76.0 Å². The lowest BCUT2D eigenvalue weighted by Crippen LogP contribution is -2.28. The van der Waals surface area contributed by atoms with Gasteiger partial charge in [-0.15, -0.1) is 0 Å². The van der Waals surface area contributed by atoms with E-state index in [1.807, 2.05) is 12.1 Å². The summed E-state index contributed by atoms with van der Waals surface area (Å²) >= 11 is 3.33. The van der Waals surface area contributed by atoms with Crippen LogP contribution in [0.3, 0.4) is 0 Å². The zero-order valence-corrected chi connectivity index (χ0v) is 16.7. The summed E-state index contributed by atoms with van der Waals surface area (Å²) in [6.45, 7) is 1.86. The standard InChI is InChI=1S/C20H18BrFN4O2/c1-13-16(12-24-26(13)18-5-3-2-4-17(18)22)20(28)23-11-10-19(27)25-15-8-6-14(21)7-9-15/h2-9,12H,10-11H2,1H3,(H,23,28)(H,25,27). The van der Waals surface area contributed by atoms with Crippen LogP contribution in [-0.4, -0.2) is 28.1 Å². The smallest absolute Gasteiger partial charge is 0.254 e. The molecule has 3 aromatic rings. The molecule has 6 nitrogen and oxygen atoms in total. The molecule has 3 rings (SSSR count). The van der Waals surface area contributed by atoms with Crippen molar-refractivity contribution in [3.63, 3.8) is 0 Å². The number of nitrogens with one attached hydrogen (secondary N) is 2. The van der Waals surface area contributed by atoms with E-state index >= 15 is 0 Å². The van der Waals surface area contributed by atoms with E-state index in [4.69, 9.17) is 0 Å². The van der Waals surface area contributed by atoms with E-state index < -0.39 is 5.82 Å². The Morgan fingerprint density at radius 2 is 1.86 bits per heavy atom. The predicted molar refractivity (Wildman–Crippen MR) is 108 cm³/mol. The molecule has 0 aliphatic carbocycles. The molecule has 0 unspecified atom stereocenters. The number of hydrogen-bond donors (Lipinski definition) is 2. The summed E-state index contributed by atoms with van der Waals surface area (Å²) in [6, 6.07) is 13.4. The maximum atomic E-state index is 13.9. The number of hydrogen-bond acceptors (Lipinski definition) is 3. The van der Waals surface area contributed by atoms with Gasteiger partial charge in [0, 0.05) is 23.1 Å². The lowest BCUT2D eigenvalue weighted by molar-refractivity contribution is -0.116. The van der Waals surface area contributed by atoms with Crippen LogP contribution in [0.5, 0.6) is 0 Å². The lowest BCUT2D eigenvalue weighted by Gasteiger charge is -2.08. The van der Waals surface area contributed by atoms with E-state index in [-0.39, 0.29) is 30.5 Å². The van der Waals surface area contributed by atoms with E-state index in [9.17, 15) is 14.0 Å². The first-order chi connectivity index (χ1) is 13.5. The Morgan fingerprint density at radius 3 is 2.57 bits per heavy atom. The largest absolute Gasteiger partial charge is 0.351 e. The summed E-state index contributed by atoms with van der Waals surface area (Å²) in [7, 11) is 0. The van der Waals surface area contributed by atoms with Crippen LogP contribution in [0, 0.1) is 12.7 Å². The second kappa shape index (κ2) is 8.79. The third kappa shape index (κ3) is 4.64. The van der Waals surface area contributed by atoms with Crippen molar-refractivity contribution in [1.29, 1.82) is 0 Å². The van der Waals surface area contributed by atoms with Crippen LogP contribution >= 0.6 is 15.9 Å². The number of anilines is 1. The van der Waals surface area contributed by atoms with Crippen molar-refractivity contribution in [2.45, 2.75) is 13.3 Å². The van der Waals surface area contributed by atoms with Crippen molar-refractivity contribution in [2.24, 2.45) is 0 Å². The number of carbonyl (C=O) groups is 2. The van der Waals surface area contributed by atoms with Gasteiger partial charge >= 0.3 is 0 Å². The molecule has 1 aromatic heterocycles. The molecule has 0 saturated heterocycles. The number of para-hydroxylation sites is 1. The molecular weight excluding hydrogens is 427 g/mol.